The zero-order chi connectivity index (χ0) is 10.3. The molecule has 0 aromatic carbocycles. The third kappa shape index (κ3) is 6.38. The number of carbonyl (C=O) groups excluding carboxylic acids is 1. The van der Waals surface area contributed by atoms with E-state index in [1.807, 2.05) is 26.1 Å². The smallest absolute Gasteiger partial charge is 0.139 e. The molecule has 0 bridgehead atoms. The summed E-state index contributed by atoms with van der Waals surface area (Å²) in [6, 6.07) is 0. The first-order chi connectivity index (χ1) is 6.07. The molecule has 0 aliphatic carbocycles. The molecule has 1 N–H and O–H groups in total. The van der Waals surface area contributed by atoms with Crippen molar-refractivity contribution in [2.24, 2.45) is 11.8 Å². The molecule has 2 nitrogen and oxygen atoms in total. The normalized spacial score (nSPS) is 13.6. The summed E-state index contributed by atoms with van der Waals surface area (Å²) < 4.78 is 0. The molecule has 0 rings (SSSR count). The fourth-order valence-electron chi connectivity index (χ4n) is 0.945. The number of Topliss-reactive ketones (excluding diaryl/α,β-unsaturated/α-hetero) is 1. The first-order valence-electron chi connectivity index (χ1n) is 5.00. The molecule has 0 amide bonds. The third-order valence-corrected chi connectivity index (χ3v) is 1.89. The van der Waals surface area contributed by atoms with Crippen LogP contribution in [0.5, 0.6) is 0 Å². The van der Waals surface area contributed by atoms with Gasteiger partial charge in [0.15, 0.2) is 0 Å². The van der Waals surface area contributed by atoms with Crippen molar-refractivity contribution in [3.63, 3.8) is 0 Å². The third-order valence-electron chi connectivity index (χ3n) is 1.89. The second-order valence-corrected chi connectivity index (χ2v) is 3.77. The number of carbonyl (C=O) groups is 1. The Bertz CT molecular complexity index is 173. The molecule has 0 fully saturated rings. The van der Waals surface area contributed by atoms with E-state index in [9.17, 15) is 4.79 Å². The molecule has 76 valence electrons. The van der Waals surface area contributed by atoms with E-state index in [2.05, 4.69) is 19.2 Å². The van der Waals surface area contributed by atoms with E-state index in [1.54, 1.807) is 0 Å². The molecule has 0 aliphatic rings. The lowest BCUT2D eigenvalue weighted by molar-refractivity contribution is -0.120. The molecule has 0 saturated carbocycles. The summed E-state index contributed by atoms with van der Waals surface area (Å²) in [6.07, 6.45) is 4.43. The largest absolute Gasteiger partial charge is 0.391 e. The van der Waals surface area contributed by atoms with Crippen LogP contribution in [0.1, 0.15) is 34.1 Å². The number of ketones is 1. The van der Waals surface area contributed by atoms with Crippen molar-refractivity contribution in [2.75, 3.05) is 6.54 Å². The van der Waals surface area contributed by atoms with Crippen LogP contribution >= 0.6 is 0 Å². The lowest BCUT2D eigenvalue weighted by Gasteiger charge is -2.05. The van der Waals surface area contributed by atoms with E-state index in [0.717, 1.165) is 6.54 Å². The SMILES string of the molecule is CCC(=O)C(C)/C=C/NCC(C)C. The highest BCUT2D eigenvalue weighted by atomic mass is 16.1. The van der Waals surface area contributed by atoms with Crippen LogP contribution in [0.3, 0.4) is 0 Å². The van der Waals surface area contributed by atoms with Gasteiger partial charge < -0.3 is 5.32 Å². The number of nitrogens with one attached hydrogen (secondary N) is 1. The molecule has 1 atom stereocenters. The van der Waals surface area contributed by atoms with Gasteiger partial charge in [0.2, 0.25) is 0 Å². The summed E-state index contributed by atoms with van der Waals surface area (Å²) in [5, 5.41) is 3.16. The fourth-order valence-corrected chi connectivity index (χ4v) is 0.945. The van der Waals surface area contributed by atoms with Crippen molar-refractivity contribution in [1.82, 2.24) is 5.32 Å². The summed E-state index contributed by atoms with van der Waals surface area (Å²) in [5.41, 5.74) is 0. The van der Waals surface area contributed by atoms with E-state index in [0.29, 0.717) is 18.1 Å². The lowest BCUT2D eigenvalue weighted by Crippen LogP contribution is -2.14. The molecular formula is C11H21NO. The Hall–Kier alpha value is -0.790. The average molecular weight is 183 g/mol. The summed E-state index contributed by atoms with van der Waals surface area (Å²) in [7, 11) is 0. The molecule has 1 unspecified atom stereocenters. The quantitative estimate of drug-likeness (QED) is 0.685. The van der Waals surface area contributed by atoms with Gasteiger partial charge in [-0.05, 0) is 12.1 Å². The molecule has 0 aromatic rings. The topological polar surface area (TPSA) is 29.1 Å². The summed E-state index contributed by atoms with van der Waals surface area (Å²) >= 11 is 0. The molecule has 2 heteroatoms. The monoisotopic (exact) mass is 183 g/mol. The van der Waals surface area contributed by atoms with E-state index in [-0.39, 0.29) is 5.92 Å². The lowest BCUT2D eigenvalue weighted by atomic mass is 10.1. The van der Waals surface area contributed by atoms with Crippen LogP contribution in [0.4, 0.5) is 0 Å². The van der Waals surface area contributed by atoms with Crippen LogP contribution in [-0.2, 0) is 4.79 Å². The molecule has 0 radical (unpaired) electrons. The van der Waals surface area contributed by atoms with Crippen molar-refractivity contribution in [3.8, 4) is 0 Å². The van der Waals surface area contributed by atoms with Gasteiger partial charge in [-0.1, -0.05) is 33.8 Å². The Balaban J connectivity index is 3.65. The van der Waals surface area contributed by atoms with Gasteiger partial charge in [-0.3, -0.25) is 4.79 Å². The zero-order valence-corrected chi connectivity index (χ0v) is 9.13. The Morgan fingerprint density at radius 2 is 2.00 bits per heavy atom. The van der Waals surface area contributed by atoms with Crippen LogP contribution in [-0.4, -0.2) is 12.3 Å². The standard InChI is InChI=1S/C11H21NO/c1-5-11(13)10(4)6-7-12-8-9(2)3/h6-7,9-10,12H,5,8H2,1-4H3/b7-6+. The van der Waals surface area contributed by atoms with Gasteiger partial charge in [0.05, 0.1) is 0 Å². The van der Waals surface area contributed by atoms with Gasteiger partial charge in [-0.2, -0.15) is 0 Å². The van der Waals surface area contributed by atoms with Crippen LogP contribution in [0, 0.1) is 11.8 Å². The van der Waals surface area contributed by atoms with Gasteiger partial charge in [0.1, 0.15) is 5.78 Å². The van der Waals surface area contributed by atoms with Gasteiger partial charge >= 0.3 is 0 Å². The summed E-state index contributed by atoms with van der Waals surface area (Å²) in [4.78, 5) is 11.2. The Kier molecular flexibility index (Phi) is 6.29. The highest BCUT2D eigenvalue weighted by Gasteiger charge is 2.05. The number of hydrogen-bond donors (Lipinski definition) is 1. The first kappa shape index (κ1) is 12.2. The molecule has 0 aromatic heterocycles. The molecule has 0 saturated heterocycles. The minimum Gasteiger partial charge on any atom is -0.391 e. The van der Waals surface area contributed by atoms with E-state index < -0.39 is 0 Å². The molecule has 0 spiro atoms. The predicted molar refractivity (Wildman–Crippen MR) is 56.4 cm³/mol. The predicted octanol–water partition coefficient (Wildman–Crippen LogP) is 2.36. The second-order valence-electron chi connectivity index (χ2n) is 3.77. The Morgan fingerprint density at radius 3 is 2.46 bits per heavy atom. The van der Waals surface area contributed by atoms with E-state index in [4.69, 9.17) is 0 Å². The highest BCUT2D eigenvalue weighted by molar-refractivity contribution is 5.81. The summed E-state index contributed by atoms with van der Waals surface area (Å²) in [5.74, 6) is 0.981. The number of hydrogen-bond acceptors (Lipinski definition) is 2. The van der Waals surface area contributed by atoms with Gasteiger partial charge in [0.25, 0.3) is 0 Å². The summed E-state index contributed by atoms with van der Waals surface area (Å²) in [6.45, 7) is 9.10. The van der Waals surface area contributed by atoms with Crippen molar-refractivity contribution < 1.29 is 4.79 Å². The van der Waals surface area contributed by atoms with Gasteiger partial charge in [-0.25, -0.2) is 0 Å². The van der Waals surface area contributed by atoms with Crippen molar-refractivity contribution in [2.45, 2.75) is 34.1 Å². The molecular weight excluding hydrogens is 162 g/mol. The molecule has 0 aliphatic heterocycles. The Morgan fingerprint density at radius 1 is 1.38 bits per heavy atom. The minimum absolute atomic E-state index is 0.0460. The highest BCUT2D eigenvalue weighted by Crippen LogP contribution is 2.01. The maximum Gasteiger partial charge on any atom is 0.139 e. The van der Waals surface area contributed by atoms with Gasteiger partial charge in [-0.15, -0.1) is 0 Å². The van der Waals surface area contributed by atoms with Gasteiger partial charge in [0, 0.05) is 18.9 Å². The van der Waals surface area contributed by atoms with E-state index in [1.165, 1.54) is 0 Å². The fraction of sp³-hybridized carbons (Fsp3) is 0.727. The van der Waals surface area contributed by atoms with Crippen LogP contribution in [0.2, 0.25) is 0 Å². The molecule has 13 heavy (non-hydrogen) atoms. The van der Waals surface area contributed by atoms with Crippen LogP contribution in [0.15, 0.2) is 12.3 Å². The zero-order valence-electron chi connectivity index (χ0n) is 9.13. The second kappa shape index (κ2) is 6.70. The first-order valence-corrected chi connectivity index (χ1v) is 5.00. The Labute approximate surface area is 81.4 Å². The van der Waals surface area contributed by atoms with Crippen molar-refractivity contribution in [1.29, 1.82) is 0 Å². The van der Waals surface area contributed by atoms with E-state index >= 15 is 0 Å². The number of allylic oxidation sites excluding steroid dienone is 1. The average Bonchev–Trinajstić information content (AvgIpc) is 2.10. The minimum atomic E-state index is 0.0460. The number of rotatable bonds is 6. The van der Waals surface area contributed by atoms with Crippen molar-refractivity contribution in [3.05, 3.63) is 12.3 Å². The maximum absolute atomic E-state index is 11.2. The molecule has 0 heterocycles. The maximum atomic E-state index is 11.2. The van der Waals surface area contributed by atoms with Crippen molar-refractivity contribution >= 4 is 5.78 Å². The van der Waals surface area contributed by atoms with Crippen LogP contribution in [0.25, 0.3) is 0 Å². The van der Waals surface area contributed by atoms with Crippen LogP contribution < -0.4 is 5.32 Å².